The number of hydrogen-bond donors (Lipinski definition) is 1. The summed E-state index contributed by atoms with van der Waals surface area (Å²) < 4.78 is 5.81. The van der Waals surface area contributed by atoms with Gasteiger partial charge in [0, 0.05) is 32.0 Å². The maximum Gasteiger partial charge on any atom is 0.328 e. The van der Waals surface area contributed by atoms with E-state index < -0.39 is 0 Å². The summed E-state index contributed by atoms with van der Waals surface area (Å²) in [5.41, 5.74) is 1.04. The van der Waals surface area contributed by atoms with Crippen molar-refractivity contribution in [3.63, 3.8) is 0 Å². The molecule has 0 radical (unpaired) electrons. The molecule has 0 saturated carbocycles. The van der Waals surface area contributed by atoms with Crippen LogP contribution in [-0.4, -0.2) is 33.0 Å². The smallest absolute Gasteiger partial charge is 0.328 e. The average Bonchev–Trinajstić information content (AvgIpc) is 2.69. The Morgan fingerprint density at radius 1 is 0.962 bits per heavy atom. The van der Waals surface area contributed by atoms with E-state index in [1.807, 2.05) is 42.5 Å². The van der Waals surface area contributed by atoms with Crippen molar-refractivity contribution in [2.75, 3.05) is 23.3 Å². The van der Waals surface area contributed by atoms with Gasteiger partial charge in [-0.1, -0.05) is 24.3 Å². The molecule has 3 rings (SSSR count). The lowest BCUT2D eigenvalue weighted by Crippen LogP contribution is -2.25. The van der Waals surface area contributed by atoms with Crippen LogP contribution < -0.4 is 15.0 Å². The van der Waals surface area contributed by atoms with Crippen molar-refractivity contribution in [1.29, 1.82) is 0 Å². The van der Waals surface area contributed by atoms with Crippen molar-refractivity contribution < 1.29 is 4.74 Å². The standard InChI is InChI=1S/C19H22N6O/c1-3-25(4-2)18-22-17(21-14-15-9-8-12-20-13-15)23-19(24-18)26-16-10-6-5-7-11-16/h5-13H,3-4,14H2,1-2H3,(H,21,22,23,24). The minimum atomic E-state index is 0.266. The van der Waals surface area contributed by atoms with Crippen LogP contribution in [0, 0.1) is 0 Å². The molecule has 0 spiro atoms. The number of ether oxygens (including phenoxy) is 1. The molecule has 0 aliphatic carbocycles. The lowest BCUT2D eigenvalue weighted by molar-refractivity contribution is 0.440. The normalized spacial score (nSPS) is 10.4. The Morgan fingerprint density at radius 3 is 2.46 bits per heavy atom. The predicted octanol–water partition coefficient (Wildman–Crippen LogP) is 3.52. The van der Waals surface area contributed by atoms with Gasteiger partial charge >= 0.3 is 6.01 Å². The molecule has 0 amide bonds. The van der Waals surface area contributed by atoms with Gasteiger partial charge in [0.1, 0.15) is 5.75 Å². The van der Waals surface area contributed by atoms with E-state index in [2.05, 4.69) is 44.0 Å². The molecule has 134 valence electrons. The number of para-hydroxylation sites is 1. The molecule has 2 heterocycles. The molecule has 0 aliphatic rings. The molecular weight excluding hydrogens is 328 g/mol. The Morgan fingerprint density at radius 2 is 1.77 bits per heavy atom. The van der Waals surface area contributed by atoms with Crippen molar-refractivity contribution in [2.24, 2.45) is 0 Å². The van der Waals surface area contributed by atoms with Crippen LogP contribution in [0.1, 0.15) is 19.4 Å². The molecule has 0 saturated heterocycles. The SMILES string of the molecule is CCN(CC)c1nc(NCc2cccnc2)nc(Oc2ccccc2)n1. The highest BCUT2D eigenvalue weighted by Gasteiger charge is 2.12. The van der Waals surface area contributed by atoms with E-state index >= 15 is 0 Å². The van der Waals surface area contributed by atoms with Gasteiger partial charge in [-0.05, 0) is 37.6 Å². The second kappa shape index (κ2) is 8.75. The second-order valence-electron chi connectivity index (χ2n) is 5.54. The Hall–Kier alpha value is -3.22. The van der Waals surface area contributed by atoms with E-state index in [-0.39, 0.29) is 6.01 Å². The molecule has 3 aromatic rings. The van der Waals surface area contributed by atoms with Gasteiger partial charge in [-0.15, -0.1) is 0 Å². The van der Waals surface area contributed by atoms with Crippen LogP contribution in [0.4, 0.5) is 11.9 Å². The highest BCUT2D eigenvalue weighted by molar-refractivity contribution is 5.39. The number of hydrogen-bond acceptors (Lipinski definition) is 7. The Labute approximate surface area is 153 Å². The molecule has 1 aromatic carbocycles. The van der Waals surface area contributed by atoms with Crippen LogP contribution in [-0.2, 0) is 6.54 Å². The van der Waals surface area contributed by atoms with Crippen molar-refractivity contribution in [3.8, 4) is 11.8 Å². The molecule has 1 N–H and O–H groups in total. The zero-order valence-corrected chi connectivity index (χ0v) is 15.0. The van der Waals surface area contributed by atoms with Crippen molar-refractivity contribution in [1.82, 2.24) is 19.9 Å². The summed E-state index contributed by atoms with van der Waals surface area (Å²) in [6.07, 6.45) is 3.55. The Bertz CT molecular complexity index is 809. The third kappa shape index (κ3) is 4.66. The molecule has 0 fully saturated rings. The second-order valence-corrected chi connectivity index (χ2v) is 5.54. The van der Waals surface area contributed by atoms with Gasteiger partial charge in [0.15, 0.2) is 0 Å². The van der Waals surface area contributed by atoms with Crippen LogP contribution in [0.5, 0.6) is 11.8 Å². The molecule has 0 aliphatic heterocycles. The molecule has 0 unspecified atom stereocenters. The number of pyridine rings is 1. The van der Waals surface area contributed by atoms with Gasteiger partial charge in [0.25, 0.3) is 0 Å². The highest BCUT2D eigenvalue weighted by atomic mass is 16.5. The zero-order chi connectivity index (χ0) is 18.2. The van der Waals surface area contributed by atoms with Crippen molar-refractivity contribution >= 4 is 11.9 Å². The third-order valence-corrected chi connectivity index (χ3v) is 3.78. The first-order valence-corrected chi connectivity index (χ1v) is 8.65. The minimum absolute atomic E-state index is 0.266. The fourth-order valence-electron chi connectivity index (χ4n) is 2.40. The third-order valence-electron chi connectivity index (χ3n) is 3.78. The monoisotopic (exact) mass is 350 g/mol. The fraction of sp³-hybridized carbons (Fsp3) is 0.263. The van der Waals surface area contributed by atoms with E-state index in [0.717, 1.165) is 18.7 Å². The van der Waals surface area contributed by atoms with E-state index in [1.165, 1.54) is 0 Å². The van der Waals surface area contributed by atoms with Gasteiger partial charge in [0.05, 0.1) is 0 Å². The van der Waals surface area contributed by atoms with Crippen LogP contribution >= 0.6 is 0 Å². The molecule has 7 heteroatoms. The summed E-state index contributed by atoms with van der Waals surface area (Å²) >= 11 is 0. The lowest BCUT2D eigenvalue weighted by atomic mass is 10.3. The molecular formula is C19H22N6O. The molecule has 2 aromatic heterocycles. The number of rotatable bonds is 8. The number of aromatic nitrogens is 4. The first kappa shape index (κ1) is 17.6. The topological polar surface area (TPSA) is 76.1 Å². The quantitative estimate of drug-likeness (QED) is 0.666. The maximum atomic E-state index is 5.81. The highest BCUT2D eigenvalue weighted by Crippen LogP contribution is 2.21. The summed E-state index contributed by atoms with van der Waals surface area (Å²) in [6.45, 7) is 6.29. The number of anilines is 2. The van der Waals surface area contributed by atoms with Crippen molar-refractivity contribution in [2.45, 2.75) is 20.4 Å². The average molecular weight is 350 g/mol. The molecule has 0 atom stereocenters. The first-order valence-electron chi connectivity index (χ1n) is 8.65. The Balaban J connectivity index is 1.84. The maximum absolute atomic E-state index is 5.81. The predicted molar refractivity (Wildman–Crippen MR) is 101 cm³/mol. The van der Waals surface area contributed by atoms with Crippen LogP contribution in [0.2, 0.25) is 0 Å². The van der Waals surface area contributed by atoms with Gasteiger partial charge < -0.3 is 15.0 Å². The minimum Gasteiger partial charge on any atom is -0.424 e. The van der Waals surface area contributed by atoms with E-state index in [0.29, 0.717) is 24.2 Å². The summed E-state index contributed by atoms with van der Waals surface area (Å²) in [6, 6.07) is 13.6. The Kier molecular flexibility index (Phi) is 5.92. The summed E-state index contributed by atoms with van der Waals surface area (Å²) in [5.74, 6) is 1.74. The molecule has 26 heavy (non-hydrogen) atoms. The largest absolute Gasteiger partial charge is 0.424 e. The zero-order valence-electron chi connectivity index (χ0n) is 15.0. The van der Waals surface area contributed by atoms with Gasteiger partial charge in [-0.3, -0.25) is 4.98 Å². The fourth-order valence-corrected chi connectivity index (χ4v) is 2.40. The lowest BCUT2D eigenvalue weighted by Gasteiger charge is -2.19. The van der Waals surface area contributed by atoms with Gasteiger partial charge in [-0.25, -0.2) is 0 Å². The van der Waals surface area contributed by atoms with E-state index in [4.69, 9.17) is 4.74 Å². The van der Waals surface area contributed by atoms with Gasteiger partial charge in [0.2, 0.25) is 11.9 Å². The number of nitrogens with zero attached hydrogens (tertiary/aromatic N) is 5. The summed E-state index contributed by atoms with van der Waals surface area (Å²) in [5, 5.41) is 3.22. The molecule has 7 nitrogen and oxygen atoms in total. The number of benzene rings is 1. The van der Waals surface area contributed by atoms with Crippen LogP contribution in [0.3, 0.4) is 0 Å². The van der Waals surface area contributed by atoms with Gasteiger partial charge in [-0.2, -0.15) is 15.0 Å². The first-order chi connectivity index (χ1) is 12.8. The van der Waals surface area contributed by atoms with E-state index in [9.17, 15) is 0 Å². The molecule has 0 bridgehead atoms. The van der Waals surface area contributed by atoms with Crippen LogP contribution in [0.15, 0.2) is 54.9 Å². The van der Waals surface area contributed by atoms with Crippen molar-refractivity contribution in [3.05, 3.63) is 60.4 Å². The van der Waals surface area contributed by atoms with Crippen LogP contribution in [0.25, 0.3) is 0 Å². The summed E-state index contributed by atoms with van der Waals surface area (Å²) in [7, 11) is 0. The van der Waals surface area contributed by atoms with E-state index in [1.54, 1.807) is 12.4 Å². The summed E-state index contributed by atoms with van der Waals surface area (Å²) in [4.78, 5) is 19.5. The number of nitrogens with one attached hydrogen (secondary N) is 1.